The van der Waals surface area contributed by atoms with Crippen molar-refractivity contribution in [2.24, 2.45) is 47.3 Å². The number of ether oxygens (including phenoxy) is 1. The maximum Gasteiger partial charge on any atom is 0.182 e. The summed E-state index contributed by atoms with van der Waals surface area (Å²) in [7, 11) is 0. The van der Waals surface area contributed by atoms with E-state index in [2.05, 4.69) is 60.7 Å². The lowest BCUT2D eigenvalue weighted by Crippen LogP contribution is -2.43. The summed E-state index contributed by atoms with van der Waals surface area (Å²) in [6.07, 6.45) is 24.0. The van der Waals surface area contributed by atoms with Crippen LogP contribution in [0.25, 0.3) is 32.7 Å². The van der Waals surface area contributed by atoms with Crippen molar-refractivity contribution in [3.05, 3.63) is 60.7 Å². The Hall–Kier alpha value is -2.67. The third-order valence-electron chi connectivity index (χ3n) is 18.3. The number of hydrogen-bond acceptors (Lipinski definition) is 1. The number of benzene rings is 4. The first-order valence-corrected chi connectivity index (χ1v) is 22.0. The molecule has 4 aromatic carbocycles. The lowest BCUT2D eigenvalue weighted by Gasteiger charge is -2.37. The van der Waals surface area contributed by atoms with Gasteiger partial charge in [0.05, 0.1) is 0 Å². The Kier molecular flexibility index (Phi) is 6.39. The zero-order valence-electron chi connectivity index (χ0n) is 30.6. The molecule has 3 heteroatoms. The lowest BCUT2D eigenvalue weighted by molar-refractivity contribution is 0.441. The maximum absolute atomic E-state index is 7.05. The standard InChI is InChI=1S/C48H54B2O/c1-2-39-40-25-36(49(42-20-27-4-8-32(42)16-27)43-21-28-5-9-33(43)17-28)13-12-31(40)24-41-38-15-14-37(26-47(38)51-46(3-1)48(39)41)50(44-22-29-6-10-34(44)18-29)45-23-30-7-11-35(45)19-30/h1-3,12-15,24-30,32-35,42-45H,4-11,16-23H2. The van der Waals surface area contributed by atoms with E-state index >= 15 is 0 Å². The van der Waals surface area contributed by atoms with Gasteiger partial charge in [0.25, 0.3) is 0 Å². The molecule has 8 aliphatic carbocycles. The van der Waals surface area contributed by atoms with Crippen LogP contribution in [0.1, 0.15) is 103 Å². The summed E-state index contributed by atoms with van der Waals surface area (Å²) in [5, 5.41) is 5.62. The number of rotatable bonds is 6. The molecule has 0 N–H and O–H groups in total. The fourth-order valence-electron chi connectivity index (χ4n) is 16.4. The van der Waals surface area contributed by atoms with E-state index < -0.39 is 0 Å². The van der Waals surface area contributed by atoms with Gasteiger partial charge in [-0.2, -0.15) is 0 Å². The molecular formula is C48H54B2O. The van der Waals surface area contributed by atoms with Gasteiger partial charge in [-0.05, 0) is 113 Å². The van der Waals surface area contributed by atoms with E-state index in [0.717, 1.165) is 95.5 Å². The van der Waals surface area contributed by atoms with Crippen LogP contribution in [0.5, 0.6) is 11.5 Å². The van der Waals surface area contributed by atoms with Crippen molar-refractivity contribution in [2.75, 3.05) is 0 Å². The average molecular weight is 669 g/mol. The predicted octanol–water partition coefficient (Wildman–Crippen LogP) is 11.9. The molecule has 13 rings (SSSR count). The maximum atomic E-state index is 7.05. The smallest absolute Gasteiger partial charge is 0.182 e. The van der Waals surface area contributed by atoms with E-state index in [4.69, 9.17) is 4.74 Å². The predicted molar refractivity (Wildman–Crippen MR) is 215 cm³/mol. The zero-order valence-corrected chi connectivity index (χ0v) is 30.6. The molecule has 0 amide bonds. The molecule has 8 bridgehead atoms. The molecule has 51 heavy (non-hydrogen) atoms. The second-order valence-electron chi connectivity index (χ2n) is 20.3. The van der Waals surface area contributed by atoms with Crippen molar-refractivity contribution in [3.63, 3.8) is 0 Å². The summed E-state index contributed by atoms with van der Waals surface area (Å²) in [5.41, 5.74) is 5.99. The molecule has 9 aliphatic rings. The van der Waals surface area contributed by atoms with Gasteiger partial charge in [-0.1, -0.05) is 154 Å². The van der Waals surface area contributed by atoms with Gasteiger partial charge in [0.1, 0.15) is 11.5 Å². The SMILES string of the molecule is c1cc2c3c(cc4ccc(B(C5CC6CCC5C6)C5CC6CCC5C6)cc4c3c1)-c1ccc(B(C3CC4CCC3C4)C3CC4CCC3C4)cc1O2. The van der Waals surface area contributed by atoms with Crippen LogP contribution in [-0.2, 0) is 0 Å². The van der Waals surface area contributed by atoms with E-state index in [9.17, 15) is 0 Å². The van der Waals surface area contributed by atoms with Crippen LogP contribution in [-0.4, -0.2) is 13.4 Å². The van der Waals surface area contributed by atoms with E-state index in [0.29, 0.717) is 0 Å². The third-order valence-corrected chi connectivity index (χ3v) is 18.3. The van der Waals surface area contributed by atoms with Crippen LogP contribution < -0.4 is 15.7 Å². The first-order valence-electron chi connectivity index (χ1n) is 22.0. The Balaban J connectivity index is 0.909. The van der Waals surface area contributed by atoms with Crippen molar-refractivity contribution in [1.29, 1.82) is 0 Å². The minimum atomic E-state index is 0.731. The summed E-state index contributed by atoms with van der Waals surface area (Å²) >= 11 is 0. The van der Waals surface area contributed by atoms with Gasteiger partial charge in [-0.15, -0.1) is 0 Å². The highest BCUT2D eigenvalue weighted by Crippen LogP contribution is 2.62. The Labute approximate surface area is 306 Å². The monoisotopic (exact) mass is 668 g/mol. The Morgan fingerprint density at radius 2 is 0.961 bits per heavy atom. The highest BCUT2D eigenvalue weighted by Gasteiger charge is 2.54. The molecule has 0 spiro atoms. The largest absolute Gasteiger partial charge is 0.456 e. The molecule has 1 nitrogen and oxygen atoms in total. The van der Waals surface area contributed by atoms with Gasteiger partial charge in [-0.3, -0.25) is 0 Å². The molecule has 1 heterocycles. The molecule has 4 aromatic rings. The Morgan fingerprint density at radius 3 is 1.47 bits per heavy atom. The lowest BCUT2D eigenvalue weighted by atomic mass is 9.27. The number of hydrogen-bond donors (Lipinski definition) is 0. The third kappa shape index (κ3) is 4.36. The van der Waals surface area contributed by atoms with E-state index in [1.54, 1.807) is 10.9 Å². The van der Waals surface area contributed by atoms with E-state index in [1.807, 2.05) is 0 Å². The minimum Gasteiger partial charge on any atom is -0.456 e. The summed E-state index contributed by atoms with van der Waals surface area (Å²) in [5.74, 6) is 13.7. The molecule has 12 unspecified atom stereocenters. The molecule has 258 valence electrons. The molecular weight excluding hydrogens is 614 g/mol. The summed E-state index contributed by atoms with van der Waals surface area (Å²) in [4.78, 5) is 0. The molecule has 0 saturated heterocycles. The fourth-order valence-corrected chi connectivity index (χ4v) is 16.4. The summed E-state index contributed by atoms with van der Waals surface area (Å²) in [6, 6.07) is 24.9. The summed E-state index contributed by atoms with van der Waals surface area (Å²) in [6.45, 7) is 1.49. The first kappa shape index (κ1) is 29.7. The van der Waals surface area contributed by atoms with Crippen molar-refractivity contribution >= 4 is 45.9 Å². The Morgan fingerprint density at radius 1 is 0.431 bits per heavy atom. The minimum absolute atomic E-state index is 0.731. The normalized spacial score (nSPS) is 39.1. The van der Waals surface area contributed by atoms with Gasteiger partial charge in [0.15, 0.2) is 13.4 Å². The fraction of sp³-hybridized carbons (Fsp3) is 0.583. The van der Waals surface area contributed by atoms with Crippen LogP contribution in [0.4, 0.5) is 0 Å². The van der Waals surface area contributed by atoms with E-state index in [-0.39, 0.29) is 0 Å². The molecule has 8 fully saturated rings. The molecule has 0 aromatic heterocycles. The molecule has 12 atom stereocenters. The number of fused-ring (bicyclic) bond motifs is 12. The van der Waals surface area contributed by atoms with Crippen molar-refractivity contribution in [1.82, 2.24) is 0 Å². The second-order valence-corrected chi connectivity index (χ2v) is 20.3. The Bertz CT molecular complexity index is 2030. The van der Waals surface area contributed by atoms with Crippen LogP contribution >= 0.6 is 0 Å². The van der Waals surface area contributed by atoms with Crippen molar-refractivity contribution < 1.29 is 4.74 Å². The van der Waals surface area contributed by atoms with Gasteiger partial charge in [0, 0.05) is 10.9 Å². The topological polar surface area (TPSA) is 9.23 Å². The molecule has 1 aliphatic heterocycles. The van der Waals surface area contributed by atoms with Crippen LogP contribution in [0.15, 0.2) is 60.7 Å². The first-order chi connectivity index (χ1) is 25.2. The van der Waals surface area contributed by atoms with Crippen LogP contribution in [0.2, 0.25) is 23.3 Å². The summed E-state index contributed by atoms with van der Waals surface area (Å²) < 4.78 is 7.05. The highest BCUT2D eigenvalue weighted by atomic mass is 16.5. The zero-order chi connectivity index (χ0) is 32.9. The van der Waals surface area contributed by atoms with Crippen molar-refractivity contribution in [3.8, 4) is 22.6 Å². The van der Waals surface area contributed by atoms with Crippen LogP contribution in [0, 0.1) is 47.3 Å². The molecule has 0 radical (unpaired) electrons. The van der Waals surface area contributed by atoms with Gasteiger partial charge >= 0.3 is 0 Å². The van der Waals surface area contributed by atoms with Crippen molar-refractivity contribution in [2.45, 2.75) is 126 Å². The van der Waals surface area contributed by atoms with Gasteiger partial charge in [0.2, 0.25) is 0 Å². The quantitative estimate of drug-likeness (QED) is 0.129. The van der Waals surface area contributed by atoms with Gasteiger partial charge < -0.3 is 4.74 Å². The highest BCUT2D eigenvalue weighted by molar-refractivity contribution is 6.77. The van der Waals surface area contributed by atoms with Gasteiger partial charge in [-0.25, -0.2) is 0 Å². The van der Waals surface area contributed by atoms with Crippen LogP contribution in [0.3, 0.4) is 0 Å². The van der Waals surface area contributed by atoms with E-state index in [1.165, 1.54) is 135 Å². The second kappa shape index (κ2) is 10.9. The molecule has 8 saturated carbocycles. The average Bonchev–Trinajstić information content (AvgIpc) is 4.02.